The maximum absolute atomic E-state index is 12.8. The van der Waals surface area contributed by atoms with Crippen molar-refractivity contribution in [2.24, 2.45) is 5.92 Å². The minimum atomic E-state index is -3.43. The first-order valence-corrected chi connectivity index (χ1v) is 14.2. The summed E-state index contributed by atoms with van der Waals surface area (Å²) in [6.07, 6.45) is 2.67. The van der Waals surface area contributed by atoms with E-state index in [1.54, 1.807) is 30.5 Å². The van der Waals surface area contributed by atoms with Crippen molar-refractivity contribution in [2.75, 3.05) is 49.3 Å². The van der Waals surface area contributed by atoms with Crippen LogP contribution in [0.1, 0.15) is 38.8 Å². The van der Waals surface area contributed by atoms with Crippen LogP contribution in [-0.4, -0.2) is 72.9 Å². The molecular weight excluding hydrogens is 480 g/mol. The molecular formula is C25H36N6O4S. The lowest BCUT2D eigenvalue weighted by Gasteiger charge is -2.23. The van der Waals surface area contributed by atoms with Gasteiger partial charge in [0, 0.05) is 38.3 Å². The van der Waals surface area contributed by atoms with Crippen molar-refractivity contribution in [3.05, 3.63) is 36.0 Å². The van der Waals surface area contributed by atoms with Gasteiger partial charge in [-0.2, -0.15) is 15.1 Å². The second kappa shape index (κ2) is 11.5. The van der Waals surface area contributed by atoms with E-state index in [2.05, 4.69) is 20.7 Å². The molecule has 1 aromatic carbocycles. The van der Waals surface area contributed by atoms with Gasteiger partial charge in [-0.05, 0) is 46.2 Å². The van der Waals surface area contributed by atoms with Crippen molar-refractivity contribution >= 4 is 32.6 Å². The zero-order chi connectivity index (χ0) is 25.7. The highest BCUT2D eigenvalue weighted by Crippen LogP contribution is 2.25. The first-order valence-electron chi connectivity index (χ1n) is 12.5. The van der Waals surface area contributed by atoms with E-state index < -0.39 is 9.84 Å². The Bertz CT molecular complexity index is 1250. The fourth-order valence-corrected chi connectivity index (χ4v) is 5.46. The molecule has 1 aliphatic rings. The van der Waals surface area contributed by atoms with Gasteiger partial charge < -0.3 is 20.1 Å². The number of rotatable bonds is 12. The highest BCUT2D eigenvalue weighted by molar-refractivity contribution is 7.91. The van der Waals surface area contributed by atoms with Crippen molar-refractivity contribution in [3.8, 4) is 0 Å². The minimum absolute atomic E-state index is 0.0112. The lowest BCUT2D eigenvalue weighted by Crippen LogP contribution is -2.32. The summed E-state index contributed by atoms with van der Waals surface area (Å²) in [4.78, 5) is 9.70. The fraction of sp³-hybridized carbons (Fsp3) is 0.560. The molecule has 0 saturated carbocycles. The van der Waals surface area contributed by atoms with Crippen molar-refractivity contribution in [1.82, 2.24) is 19.7 Å². The topological polar surface area (TPSA) is 120 Å². The highest BCUT2D eigenvalue weighted by Gasteiger charge is 2.26. The Balaban J connectivity index is 1.52. The van der Waals surface area contributed by atoms with Crippen LogP contribution in [0.2, 0.25) is 0 Å². The smallest absolute Gasteiger partial charge is 0.226 e. The number of anilines is 2. The number of sulfone groups is 1. The number of aromatic nitrogens is 4. The van der Waals surface area contributed by atoms with Crippen molar-refractivity contribution in [3.63, 3.8) is 0 Å². The van der Waals surface area contributed by atoms with Gasteiger partial charge in [-0.1, -0.05) is 17.7 Å². The normalized spacial score (nSPS) is 17.1. The number of nitrogens with one attached hydrogen (secondary N) is 2. The van der Waals surface area contributed by atoms with Gasteiger partial charge in [-0.15, -0.1) is 0 Å². The quantitative estimate of drug-likeness (QED) is 0.373. The molecule has 2 atom stereocenters. The average molecular weight is 517 g/mol. The summed E-state index contributed by atoms with van der Waals surface area (Å²) in [5.41, 5.74) is 1.70. The zero-order valence-electron chi connectivity index (χ0n) is 21.4. The molecule has 0 bridgehead atoms. The van der Waals surface area contributed by atoms with Gasteiger partial charge >= 0.3 is 0 Å². The summed E-state index contributed by atoms with van der Waals surface area (Å²) in [7, 11) is -3.43. The molecule has 3 aromatic rings. The summed E-state index contributed by atoms with van der Waals surface area (Å²) in [5.74, 6) is 1.26. The molecule has 0 spiro atoms. The predicted molar refractivity (Wildman–Crippen MR) is 140 cm³/mol. The monoisotopic (exact) mass is 516 g/mol. The van der Waals surface area contributed by atoms with E-state index >= 15 is 0 Å². The Morgan fingerprint density at radius 1 is 1.19 bits per heavy atom. The second-order valence-corrected chi connectivity index (χ2v) is 11.5. The number of fused-ring (bicyclic) bond motifs is 1. The van der Waals surface area contributed by atoms with Gasteiger partial charge in [0.05, 0.1) is 34.9 Å². The van der Waals surface area contributed by atoms with E-state index in [1.807, 2.05) is 32.4 Å². The van der Waals surface area contributed by atoms with Crippen molar-refractivity contribution < 1.29 is 17.9 Å². The van der Waals surface area contributed by atoms with Crippen LogP contribution in [0.25, 0.3) is 11.0 Å². The summed E-state index contributed by atoms with van der Waals surface area (Å²) in [5, 5.41) is 11.8. The second-order valence-electron chi connectivity index (χ2n) is 9.37. The molecule has 2 unspecified atom stereocenters. The van der Waals surface area contributed by atoms with Crippen LogP contribution in [0, 0.1) is 12.8 Å². The van der Waals surface area contributed by atoms with E-state index in [9.17, 15) is 8.42 Å². The van der Waals surface area contributed by atoms with Gasteiger partial charge in [0.25, 0.3) is 0 Å². The first-order chi connectivity index (χ1) is 17.3. The van der Waals surface area contributed by atoms with E-state index in [0.29, 0.717) is 48.0 Å². The van der Waals surface area contributed by atoms with Crippen LogP contribution < -0.4 is 10.6 Å². The zero-order valence-corrected chi connectivity index (χ0v) is 22.2. The standard InChI is InChI=1S/C25H36N6O4S/c1-5-35-22(19-10-12-34-16-19)15-27-25-29-23(21-14-28-31(17(2)3)24(21)30-25)26-11-13-36(32,33)20-8-6-18(4)7-9-20/h6-9,14,17,19,22H,5,10-13,15-16H2,1-4H3,(H2,26,27,29,30). The molecule has 1 saturated heterocycles. The van der Waals surface area contributed by atoms with Crippen LogP contribution >= 0.6 is 0 Å². The molecule has 4 rings (SSSR count). The number of ether oxygens (including phenoxy) is 2. The van der Waals surface area contributed by atoms with Crippen molar-refractivity contribution in [2.45, 2.75) is 51.2 Å². The largest absolute Gasteiger partial charge is 0.381 e. The Kier molecular flexibility index (Phi) is 8.43. The third-order valence-electron chi connectivity index (χ3n) is 6.32. The van der Waals surface area contributed by atoms with E-state index in [-0.39, 0.29) is 24.4 Å². The number of hydrogen-bond acceptors (Lipinski definition) is 9. The number of benzene rings is 1. The minimum Gasteiger partial charge on any atom is -0.381 e. The van der Waals surface area contributed by atoms with Crippen LogP contribution in [-0.2, 0) is 19.3 Å². The molecule has 0 aliphatic carbocycles. The number of hydrogen-bond donors (Lipinski definition) is 2. The molecule has 1 aliphatic heterocycles. The predicted octanol–water partition coefficient (Wildman–Crippen LogP) is 3.45. The van der Waals surface area contributed by atoms with Crippen LogP contribution in [0.3, 0.4) is 0 Å². The Morgan fingerprint density at radius 3 is 2.64 bits per heavy atom. The first kappa shape index (κ1) is 26.3. The van der Waals surface area contributed by atoms with Gasteiger partial charge in [0.15, 0.2) is 15.5 Å². The maximum Gasteiger partial charge on any atom is 0.226 e. The summed E-state index contributed by atoms with van der Waals surface area (Å²) >= 11 is 0. The van der Waals surface area contributed by atoms with Crippen LogP contribution in [0.4, 0.5) is 11.8 Å². The third kappa shape index (κ3) is 6.13. The average Bonchev–Trinajstić information content (AvgIpc) is 3.52. The molecule has 0 radical (unpaired) electrons. The van der Waals surface area contributed by atoms with Crippen LogP contribution in [0.15, 0.2) is 35.4 Å². The molecule has 196 valence electrons. The Labute approximate surface area is 212 Å². The molecule has 10 nitrogen and oxygen atoms in total. The Morgan fingerprint density at radius 2 is 1.97 bits per heavy atom. The molecule has 2 N–H and O–H groups in total. The SMILES string of the molecule is CCOC(CNc1nc(NCCS(=O)(=O)c2ccc(C)cc2)c2cnn(C(C)C)c2n1)C1CCOC1. The van der Waals surface area contributed by atoms with Gasteiger partial charge in [-0.25, -0.2) is 13.1 Å². The van der Waals surface area contributed by atoms with E-state index in [0.717, 1.165) is 24.0 Å². The van der Waals surface area contributed by atoms with Gasteiger partial charge in [0.2, 0.25) is 5.95 Å². The van der Waals surface area contributed by atoms with E-state index in [1.165, 1.54) is 0 Å². The molecule has 36 heavy (non-hydrogen) atoms. The fourth-order valence-electron chi connectivity index (χ4n) is 4.30. The summed E-state index contributed by atoms with van der Waals surface area (Å²) in [6, 6.07) is 7.00. The molecule has 1 fully saturated rings. The molecule has 0 amide bonds. The lowest BCUT2D eigenvalue weighted by atomic mass is 10.0. The number of nitrogens with zero attached hydrogens (tertiary/aromatic N) is 4. The van der Waals surface area contributed by atoms with E-state index in [4.69, 9.17) is 14.5 Å². The van der Waals surface area contributed by atoms with Gasteiger partial charge in [0.1, 0.15) is 5.82 Å². The lowest BCUT2D eigenvalue weighted by molar-refractivity contribution is 0.0245. The maximum atomic E-state index is 12.8. The number of aryl methyl sites for hydroxylation is 1. The van der Waals surface area contributed by atoms with Gasteiger partial charge in [-0.3, -0.25) is 0 Å². The highest BCUT2D eigenvalue weighted by atomic mass is 32.2. The molecule has 3 heterocycles. The Hall–Kier alpha value is -2.76. The van der Waals surface area contributed by atoms with Crippen molar-refractivity contribution in [1.29, 1.82) is 0 Å². The summed E-state index contributed by atoms with van der Waals surface area (Å²) in [6.45, 7) is 10.8. The summed E-state index contributed by atoms with van der Waals surface area (Å²) < 4.78 is 38.9. The molecule has 2 aromatic heterocycles. The molecule has 11 heteroatoms. The third-order valence-corrected chi connectivity index (χ3v) is 8.05. The van der Waals surface area contributed by atoms with Crippen LogP contribution in [0.5, 0.6) is 0 Å².